The topological polar surface area (TPSA) is 75.5 Å². The van der Waals surface area contributed by atoms with Crippen molar-refractivity contribution in [1.82, 2.24) is 23.1 Å². The molecule has 0 atom stereocenters. The van der Waals surface area contributed by atoms with Gasteiger partial charge in [0.15, 0.2) is 11.2 Å². The highest BCUT2D eigenvalue weighted by molar-refractivity contribution is 5.77. The molecule has 152 valence electrons. The summed E-state index contributed by atoms with van der Waals surface area (Å²) in [6.07, 6.45) is 0. The molecule has 4 rings (SSSR count). The molecule has 0 amide bonds. The number of aryl methyl sites for hydroxylation is 4. The van der Waals surface area contributed by atoms with E-state index in [1.54, 1.807) is 14.2 Å². The van der Waals surface area contributed by atoms with E-state index in [4.69, 9.17) is 9.72 Å². The van der Waals surface area contributed by atoms with E-state index in [2.05, 4.69) is 29.7 Å². The summed E-state index contributed by atoms with van der Waals surface area (Å²) < 4.78 is 11.6. The van der Waals surface area contributed by atoms with Gasteiger partial charge in [-0.1, -0.05) is 12.1 Å². The Balaban J connectivity index is 2.17. The Hall–Kier alpha value is -3.13. The summed E-state index contributed by atoms with van der Waals surface area (Å²) in [5, 5.41) is 0. The molecule has 4 aromatic rings. The maximum absolute atomic E-state index is 13.2. The average Bonchev–Trinajstić information content (AvgIpc) is 3.18. The van der Waals surface area contributed by atoms with E-state index in [-0.39, 0.29) is 18.7 Å². The van der Waals surface area contributed by atoms with Crippen molar-refractivity contribution >= 4 is 16.9 Å². The average molecular weight is 395 g/mol. The first-order chi connectivity index (χ1) is 13.8. The minimum atomic E-state index is -0.395. The zero-order chi connectivity index (χ0) is 21.0. The van der Waals surface area contributed by atoms with Gasteiger partial charge < -0.3 is 4.74 Å². The summed E-state index contributed by atoms with van der Waals surface area (Å²) in [6.45, 7) is 8.56. The molecule has 0 N–H and O–H groups in total. The Kier molecular flexibility index (Phi) is 4.46. The highest BCUT2D eigenvalue weighted by Crippen LogP contribution is 2.26. The lowest BCUT2D eigenvalue weighted by Crippen LogP contribution is -2.40. The minimum Gasteiger partial charge on any atom is -0.383 e. The van der Waals surface area contributed by atoms with Crippen molar-refractivity contribution in [2.75, 3.05) is 13.7 Å². The number of hydrogen-bond acceptors (Lipinski definition) is 4. The molecule has 0 radical (unpaired) electrons. The SMILES string of the molecule is COCCn1c(=O)c2c(nc3n(-c4cc(C)ccc4C)c(C)c(C)n23)n(C)c1=O. The van der Waals surface area contributed by atoms with Gasteiger partial charge in [-0.2, -0.15) is 4.98 Å². The Labute approximate surface area is 167 Å². The molecule has 8 heteroatoms. The lowest BCUT2D eigenvalue weighted by Gasteiger charge is -2.11. The molecule has 0 saturated carbocycles. The van der Waals surface area contributed by atoms with Gasteiger partial charge in [0.2, 0.25) is 5.78 Å². The van der Waals surface area contributed by atoms with Crippen LogP contribution in [0, 0.1) is 27.7 Å². The molecule has 0 fully saturated rings. The Morgan fingerprint density at radius 3 is 2.48 bits per heavy atom. The van der Waals surface area contributed by atoms with Crippen molar-refractivity contribution in [1.29, 1.82) is 0 Å². The van der Waals surface area contributed by atoms with Crippen LogP contribution in [0.4, 0.5) is 0 Å². The van der Waals surface area contributed by atoms with Gasteiger partial charge in [-0.25, -0.2) is 4.79 Å². The number of aromatic nitrogens is 5. The normalized spacial score (nSPS) is 11.8. The van der Waals surface area contributed by atoms with E-state index in [0.717, 1.165) is 28.2 Å². The van der Waals surface area contributed by atoms with Crippen molar-refractivity contribution in [3.05, 3.63) is 61.6 Å². The molecule has 0 unspecified atom stereocenters. The second-order valence-electron chi connectivity index (χ2n) is 7.51. The highest BCUT2D eigenvalue weighted by Gasteiger charge is 2.23. The third-order valence-electron chi connectivity index (χ3n) is 5.64. The number of imidazole rings is 2. The van der Waals surface area contributed by atoms with Crippen LogP contribution in [0.2, 0.25) is 0 Å². The largest absolute Gasteiger partial charge is 0.383 e. The van der Waals surface area contributed by atoms with Crippen LogP contribution in [0.1, 0.15) is 22.5 Å². The molecule has 1 aromatic carbocycles. The molecule has 0 bridgehead atoms. The molecule has 3 aromatic heterocycles. The van der Waals surface area contributed by atoms with Gasteiger partial charge in [-0.3, -0.25) is 22.9 Å². The van der Waals surface area contributed by atoms with Gasteiger partial charge in [0, 0.05) is 25.5 Å². The van der Waals surface area contributed by atoms with Crippen LogP contribution >= 0.6 is 0 Å². The quantitative estimate of drug-likeness (QED) is 0.530. The third-order valence-corrected chi connectivity index (χ3v) is 5.64. The molecule has 0 aliphatic heterocycles. The molecule has 0 aliphatic rings. The standard InChI is InChI=1S/C21H25N5O3/c1-12-7-8-13(2)16(11-12)25-14(3)15(4)26-17-18(22-20(25)26)23(5)21(28)24(19(17)27)9-10-29-6/h7-8,11H,9-10H2,1-6H3. The van der Waals surface area contributed by atoms with Gasteiger partial charge in [0.1, 0.15) is 0 Å². The number of ether oxygens (including phenoxy) is 1. The van der Waals surface area contributed by atoms with Gasteiger partial charge in [-0.15, -0.1) is 0 Å². The monoisotopic (exact) mass is 395 g/mol. The van der Waals surface area contributed by atoms with Gasteiger partial charge in [0.05, 0.1) is 18.8 Å². The Bertz CT molecular complexity index is 1380. The fourth-order valence-corrected chi connectivity index (χ4v) is 3.88. The third kappa shape index (κ3) is 2.66. The van der Waals surface area contributed by atoms with E-state index in [0.29, 0.717) is 16.9 Å². The van der Waals surface area contributed by atoms with E-state index >= 15 is 0 Å². The lowest BCUT2D eigenvalue weighted by atomic mass is 10.1. The molecule has 0 spiro atoms. The summed E-state index contributed by atoms with van der Waals surface area (Å²) in [5.41, 5.74) is 5.21. The first-order valence-electron chi connectivity index (χ1n) is 9.54. The summed E-state index contributed by atoms with van der Waals surface area (Å²) in [6, 6.07) is 6.26. The van der Waals surface area contributed by atoms with Crippen molar-refractivity contribution in [2.24, 2.45) is 7.05 Å². The molecular weight excluding hydrogens is 370 g/mol. The molecule has 0 aliphatic carbocycles. The van der Waals surface area contributed by atoms with Crippen LogP contribution in [-0.4, -0.2) is 36.8 Å². The number of methoxy groups -OCH3 is 1. The van der Waals surface area contributed by atoms with Crippen molar-refractivity contribution in [3.8, 4) is 5.69 Å². The molecule has 3 heterocycles. The molecular formula is C21H25N5O3. The molecule has 29 heavy (non-hydrogen) atoms. The minimum absolute atomic E-state index is 0.195. The predicted octanol–water partition coefficient (Wildman–Crippen LogP) is 2.02. The predicted molar refractivity (Wildman–Crippen MR) is 112 cm³/mol. The number of benzene rings is 1. The second-order valence-corrected chi connectivity index (χ2v) is 7.51. The Morgan fingerprint density at radius 2 is 1.79 bits per heavy atom. The van der Waals surface area contributed by atoms with Gasteiger partial charge in [-0.05, 0) is 44.9 Å². The molecule has 0 saturated heterocycles. The lowest BCUT2D eigenvalue weighted by molar-refractivity contribution is 0.184. The van der Waals surface area contributed by atoms with E-state index in [1.807, 2.05) is 25.2 Å². The van der Waals surface area contributed by atoms with E-state index in [9.17, 15) is 9.59 Å². The maximum Gasteiger partial charge on any atom is 0.332 e. The number of fused-ring (bicyclic) bond motifs is 3. The Morgan fingerprint density at radius 1 is 1.07 bits per heavy atom. The smallest absolute Gasteiger partial charge is 0.332 e. The van der Waals surface area contributed by atoms with Crippen LogP contribution in [0.5, 0.6) is 0 Å². The van der Waals surface area contributed by atoms with Crippen LogP contribution < -0.4 is 11.2 Å². The van der Waals surface area contributed by atoms with Crippen LogP contribution in [0.3, 0.4) is 0 Å². The second kappa shape index (κ2) is 6.73. The fourth-order valence-electron chi connectivity index (χ4n) is 3.88. The first kappa shape index (κ1) is 19.2. The number of hydrogen-bond donors (Lipinski definition) is 0. The summed E-state index contributed by atoms with van der Waals surface area (Å²) in [5.74, 6) is 0.625. The highest BCUT2D eigenvalue weighted by atomic mass is 16.5. The van der Waals surface area contributed by atoms with E-state index < -0.39 is 5.69 Å². The summed E-state index contributed by atoms with van der Waals surface area (Å²) in [7, 11) is 3.19. The van der Waals surface area contributed by atoms with Crippen LogP contribution in [0.15, 0.2) is 27.8 Å². The van der Waals surface area contributed by atoms with Crippen LogP contribution in [0.25, 0.3) is 22.6 Å². The fraction of sp³-hybridized carbons (Fsp3) is 0.381. The summed E-state index contributed by atoms with van der Waals surface area (Å²) in [4.78, 5) is 30.7. The van der Waals surface area contributed by atoms with Gasteiger partial charge >= 0.3 is 5.69 Å². The maximum atomic E-state index is 13.2. The van der Waals surface area contributed by atoms with Crippen LogP contribution in [-0.2, 0) is 18.3 Å². The van der Waals surface area contributed by atoms with Gasteiger partial charge in [0.25, 0.3) is 5.56 Å². The van der Waals surface area contributed by atoms with Crippen molar-refractivity contribution < 1.29 is 4.74 Å². The number of rotatable bonds is 4. The zero-order valence-electron chi connectivity index (χ0n) is 17.6. The zero-order valence-corrected chi connectivity index (χ0v) is 17.6. The first-order valence-corrected chi connectivity index (χ1v) is 9.54. The summed E-state index contributed by atoms with van der Waals surface area (Å²) >= 11 is 0. The van der Waals surface area contributed by atoms with E-state index in [1.165, 1.54) is 9.13 Å². The number of nitrogens with zero attached hydrogens (tertiary/aromatic N) is 5. The van der Waals surface area contributed by atoms with Crippen molar-refractivity contribution in [2.45, 2.75) is 34.2 Å². The van der Waals surface area contributed by atoms with Crippen molar-refractivity contribution in [3.63, 3.8) is 0 Å². The molecule has 8 nitrogen and oxygen atoms in total.